The van der Waals surface area contributed by atoms with Gasteiger partial charge < -0.3 is 19.1 Å². The molecule has 7 nitrogen and oxygen atoms in total. The lowest BCUT2D eigenvalue weighted by molar-refractivity contribution is -0.129. The highest BCUT2D eigenvalue weighted by Gasteiger charge is 2.48. The van der Waals surface area contributed by atoms with Crippen molar-refractivity contribution in [2.75, 3.05) is 26.8 Å². The van der Waals surface area contributed by atoms with Crippen LogP contribution in [0, 0.1) is 13.8 Å². The van der Waals surface area contributed by atoms with E-state index in [0.29, 0.717) is 43.1 Å². The minimum absolute atomic E-state index is 0.0504. The summed E-state index contributed by atoms with van der Waals surface area (Å²) in [7, 11) is 1.62. The van der Waals surface area contributed by atoms with E-state index in [9.17, 15) is 9.59 Å². The minimum atomic E-state index is -0.0786. The molecule has 0 aromatic carbocycles. The summed E-state index contributed by atoms with van der Waals surface area (Å²) >= 11 is 0. The van der Waals surface area contributed by atoms with Gasteiger partial charge in [0.2, 0.25) is 5.91 Å². The lowest BCUT2D eigenvalue weighted by Crippen LogP contribution is -2.41. The van der Waals surface area contributed by atoms with Crippen molar-refractivity contribution in [2.45, 2.75) is 38.8 Å². The van der Waals surface area contributed by atoms with Gasteiger partial charge in [-0.05, 0) is 20.3 Å². The highest BCUT2D eigenvalue weighted by atomic mass is 16.5. The number of ether oxygens (including phenoxy) is 1. The lowest BCUT2D eigenvalue weighted by Gasteiger charge is -2.25. The number of nitrogens with zero attached hydrogens (tertiary/aromatic N) is 3. The summed E-state index contributed by atoms with van der Waals surface area (Å²) in [5.74, 6) is 0.556. The van der Waals surface area contributed by atoms with Crippen LogP contribution >= 0.6 is 0 Å². The Hall–Kier alpha value is -1.89. The van der Waals surface area contributed by atoms with E-state index in [2.05, 4.69) is 5.16 Å². The fourth-order valence-electron chi connectivity index (χ4n) is 3.59. The number of hydrogen-bond donors (Lipinski definition) is 0. The van der Waals surface area contributed by atoms with Crippen molar-refractivity contribution in [3.05, 3.63) is 17.0 Å². The Bertz CT molecular complexity index is 578. The first-order chi connectivity index (χ1) is 10.5. The smallest absolute Gasteiger partial charge is 0.259 e. The Morgan fingerprint density at radius 3 is 2.82 bits per heavy atom. The number of aryl methyl sites for hydroxylation is 2. The van der Waals surface area contributed by atoms with Crippen molar-refractivity contribution in [2.24, 2.45) is 0 Å². The Morgan fingerprint density at radius 1 is 1.41 bits per heavy atom. The van der Waals surface area contributed by atoms with Crippen molar-refractivity contribution in [3.63, 3.8) is 0 Å². The second kappa shape index (κ2) is 5.72. The van der Waals surface area contributed by atoms with Crippen LogP contribution in [0.4, 0.5) is 0 Å². The zero-order valence-electron chi connectivity index (χ0n) is 13.2. The van der Waals surface area contributed by atoms with E-state index in [4.69, 9.17) is 9.26 Å². The summed E-state index contributed by atoms with van der Waals surface area (Å²) in [6.45, 7) is 5.28. The third-order valence-corrected chi connectivity index (χ3v) is 4.66. The van der Waals surface area contributed by atoms with Gasteiger partial charge in [0.25, 0.3) is 5.91 Å². The van der Waals surface area contributed by atoms with Gasteiger partial charge in [0.1, 0.15) is 11.3 Å². The average Bonchev–Trinajstić information content (AvgIpc) is 3.11. The molecule has 3 rings (SSSR count). The van der Waals surface area contributed by atoms with Crippen LogP contribution in [-0.4, -0.2) is 65.7 Å². The van der Waals surface area contributed by atoms with Crippen LogP contribution in [0.15, 0.2) is 4.52 Å². The highest BCUT2D eigenvalue weighted by Crippen LogP contribution is 2.33. The molecule has 0 radical (unpaired) electrons. The van der Waals surface area contributed by atoms with E-state index in [1.54, 1.807) is 21.0 Å². The zero-order valence-corrected chi connectivity index (χ0v) is 13.2. The van der Waals surface area contributed by atoms with Gasteiger partial charge in [0.05, 0.1) is 24.4 Å². The Labute approximate surface area is 129 Å². The number of amides is 2. The standard InChI is InChI=1S/C15H21N3O4/c1-9-14(10(2)22-16-9)15(20)18-5-4-11-12(18)8-13(19)17(11)6-7-21-3/h11-12H,4-8H2,1-3H3/t11-,12-/m0/s1. The van der Waals surface area contributed by atoms with E-state index in [0.717, 1.165) is 6.42 Å². The predicted molar refractivity (Wildman–Crippen MR) is 77.4 cm³/mol. The highest BCUT2D eigenvalue weighted by molar-refractivity contribution is 5.97. The molecular weight excluding hydrogens is 286 g/mol. The Morgan fingerprint density at radius 2 is 2.18 bits per heavy atom. The van der Waals surface area contributed by atoms with E-state index in [-0.39, 0.29) is 23.9 Å². The van der Waals surface area contributed by atoms with Gasteiger partial charge in [-0.15, -0.1) is 0 Å². The average molecular weight is 307 g/mol. The SMILES string of the molecule is COCCN1C(=O)C[C@H]2[C@@H]1CCN2C(=O)c1c(C)noc1C. The van der Waals surface area contributed by atoms with Crippen LogP contribution in [0.2, 0.25) is 0 Å². The van der Waals surface area contributed by atoms with Crippen LogP contribution in [0.5, 0.6) is 0 Å². The molecule has 7 heteroatoms. The maximum atomic E-state index is 12.8. The zero-order chi connectivity index (χ0) is 15.9. The second-order valence-corrected chi connectivity index (χ2v) is 5.91. The summed E-state index contributed by atoms with van der Waals surface area (Å²) in [5, 5.41) is 3.85. The molecule has 2 aliphatic heterocycles. The van der Waals surface area contributed by atoms with E-state index in [1.165, 1.54) is 0 Å². The van der Waals surface area contributed by atoms with Crippen molar-refractivity contribution < 1.29 is 18.8 Å². The first-order valence-corrected chi connectivity index (χ1v) is 7.56. The summed E-state index contributed by atoms with van der Waals surface area (Å²) in [6, 6.07) is 0.0534. The van der Waals surface area contributed by atoms with Gasteiger partial charge in [-0.1, -0.05) is 5.16 Å². The molecule has 22 heavy (non-hydrogen) atoms. The van der Waals surface area contributed by atoms with E-state index in [1.807, 2.05) is 9.80 Å². The number of carbonyl (C=O) groups excluding carboxylic acids is 2. The third-order valence-electron chi connectivity index (χ3n) is 4.66. The fraction of sp³-hybridized carbons (Fsp3) is 0.667. The first-order valence-electron chi connectivity index (χ1n) is 7.56. The van der Waals surface area contributed by atoms with Crippen molar-refractivity contribution in [3.8, 4) is 0 Å². The lowest BCUT2D eigenvalue weighted by atomic mass is 10.1. The number of aromatic nitrogens is 1. The molecule has 0 saturated carbocycles. The van der Waals surface area contributed by atoms with Crippen molar-refractivity contribution in [1.82, 2.24) is 15.0 Å². The largest absolute Gasteiger partial charge is 0.383 e. The number of carbonyl (C=O) groups is 2. The molecule has 1 aromatic heterocycles. The maximum absolute atomic E-state index is 12.8. The van der Waals surface area contributed by atoms with Gasteiger partial charge in [-0.3, -0.25) is 9.59 Å². The van der Waals surface area contributed by atoms with Crippen LogP contribution < -0.4 is 0 Å². The number of rotatable bonds is 4. The topological polar surface area (TPSA) is 75.9 Å². The summed E-state index contributed by atoms with van der Waals surface area (Å²) in [6.07, 6.45) is 1.21. The minimum Gasteiger partial charge on any atom is -0.383 e. The quantitative estimate of drug-likeness (QED) is 0.820. The number of fused-ring (bicyclic) bond motifs is 1. The van der Waals surface area contributed by atoms with Crippen LogP contribution in [0.25, 0.3) is 0 Å². The molecule has 0 bridgehead atoms. The number of likely N-dealkylation sites (tertiary alicyclic amines) is 2. The molecular formula is C15H21N3O4. The molecule has 0 spiro atoms. The van der Waals surface area contributed by atoms with Crippen molar-refractivity contribution >= 4 is 11.8 Å². The Balaban J connectivity index is 1.78. The van der Waals surface area contributed by atoms with Gasteiger partial charge >= 0.3 is 0 Å². The van der Waals surface area contributed by atoms with Crippen LogP contribution in [0.1, 0.15) is 34.7 Å². The van der Waals surface area contributed by atoms with E-state index >= 15 is 0 Å². The summed E-state index contributed by atoms with van der Waals surface area (Å²) in [5.41, 5.74) is 1.13. The molecule has 0 unspecified atom stereocenters. The molecule has 3 heterocycles. The molecule has 2 fully saturated rings. The first kappa shape index (κ1) is 15.0. The molecule has 0 aliphatic carbocycles. The number of hydrogen-bond acceptors (Lipinski definition) is 5. The van der Waals surface area contributed by atoms with Gasteiger partial charge in [0.15, 0.2) is 0 Å². The summed E-state index contributed by atoms with van der Waals surface area (Å²) in [4.78, 5) is 28.6. The third kappa shape index (κ3) is 2.29. The van der Waals surface area contributed by atoms with Gasteiger partial charge in [-0.25, -0.2) is 0 Å². The second-order valence-electron chi connectivity index (χ2n) is 5.91. The molecule has 2 atom stereocenters. The van der Waals surface area contributed by atoms with Crippen LogP contribution in [-0.2, 0) is 9.53 Å². The normalized spacial score (nSPS) is 24.2. The fourth-order valence-corrected chi connectivity index (χ4v) is 3.59. The molecule has 2 aliphatic rings. The predicted octanol–water partition coefficient (Wildman–Crippen LogP) is 0.753. The molecule has 2 saturated heterocycles. The molecule has 2 amide bonds. The molecule has 1 aromatic rings. The van der Waals surface area contributed by atoms with E-state index < -0.39 is 0 Å². The van der Waals surface area contributed by atoms with Crippen molar-refractivity contribution in [1.29, 1.82) is 0 Å². The maximum Gasteiger partial charge on any atom is 0.259 e. The summed E-state index contributed by atoms with van der Waals surface area (Å²) < 4.78 is 10.2. The number of methoxy groups -OCH3 is 1. The monoisotopic (exact) mass is 307 g/mol. The molecule has 120 valence electrons. The van der Waals surface area contributed by atoms with Crippen LogP contribution in [0.3, 0.4) is 0 Å². The molecule has 0 N–H and O–H groups in total. The van der Waals surface area contributed by atoms with Gasteiger partial charge in [0, 0.05) is 26.6 Å². The van der Waals surface area contributed by atoms with Gasteiger partial charge in [-0.2, -0.15) is 0 Å². The Kier molecular flexibility index (Phi) is 3.90.